The molecule has 1 spiro atoms. The number of aromatic nitrogens is 3. The van der Waals surface area contributed by atoms with Gasteiger partial charge in [-0.05, 0) is 49.6 Å². The van der Waals surface area contributed by atoms with Gasteiger partial charge in [0.15, 0.2) is 0 Å². The second kappa shape index (κ2) is 8.06. The number of hydrogen-bond acceptors (Lipinski definition) is 9. The molecule has 0 saturated carbocycles. The van der Waals surface area contributed by atoms with Crippen molar-refractivity contribution in [2.75, 3.05) is 4.90 Å². The van der Waals surface area contributed by atoms with Gasteiger partial charge in [0.25, 0.3) is 11.8 Å². The van der Waals surface area contributed by atoms with Crippen molar-refractivity contribution in [2.24, 2.45) is 0 Å². The molecule has 2 saturated heterocycles. The molecule has 12 nitrogen and oxygen atoms in total. The highest BCUT2D eigenvalue weighted by molar-refractivity contribution is 6.27. The third-order valence-electron chi connectivity index (χ3n) is 5.76. The first-order valence-electron chi connectivity index (χ1n) is 10.4. The Morgan fingerprint density at radius 1 is 1.09 bits per heavy atom. The number of nitrogens with one attached hydrogen (secondary N) is 2. The molecule has 0 unspecified atom stereocenters. The van der Waals surface area contributed by atoms with E-state index in [-0.39, 0.29) is 24.4 Å². The molecule has 34 heavy (non-hydrogen) atoms. The topological polar surface area (TPSA) is 157 Å². The quantitative estimate of drug-likeness (QED) is 0.552. The van der Waals surface area contributed by atoms with Crippen LogP contribution in [-0.4, -0.2) is 44.5 Å². The molecule has 0 aliphatic carbocycles. The second-order valence-electron chi connectivity index (χ2n) is 7.86. The minimum absolute atomic E-state index is 0.0770. The fourth-order valence-corrected chi connectivity index (χ4v) is 4.19. The van der Waals surface area contributed by atoms with Crippen molar-refractivity contribution in [3.63, 3.8) is 0 Å². The minimum Gasteiger partial charge on any atom is -0.439 e. The fourth-order valence-electron chi connectivity index (χ4n) is 4.19. The summed E-state index contributed by atoms with van der Waals surface area (Å²) >= 11 is 0. The van der Waals surface area contributed by atoms with Crippen LogP contribution < -0.4 is 20.3 Å². The zero-order valence-electron chi connectivity index (χ0n) is 17.9. The summed E-state index contributed by atoms with van der Waals surface area (Å²) in [6.07, 6.45) is 3.16. The average molecular weight is 462 g/mol. The van der Waals surface area contributed by atoms with E-state index >= 15 is 0 Å². The van der Waals surface area contributed by atoms with Gasteiger partial charge in [-0.1, -0.05) is 0 Å². The molecule has 172 valence electrons. The Balaban J connectivity index is 1.40. The van der Waals surface area contributed by atoms with Crippen LogP contribution in [-0.2, 0) is 14.4 Å². The molecular weight excluding hydrogens is 444 g/mol. The van der Waals surface area contributed by atoms with Crippen molar-refractivity contribution >= 4 is 29.4 Å². The van der Waals surface area contributed by atoms with E-state index in [1.165, 1.54) is 24.7 Å². The van der Waals surface area contributed by atoms with Gasteiger partial charge in [0.2, 0.25) is 29.6 Å². The fraction of sp³-hybridized carbons (Fsp3) is 0.227. The van der Waals surface area contributed by atoms with E-state index in [9.17, 15) is 19.2 Å². The van der Waals surface area contributed by atoms with Gasteiger partial charge >= 0.3 is 6.03 Å². The highest BCUT2D eigenvalue weighted by Crippen LogP contribution is 2.36. The SMILES string of the molecule is Cc1cc(Oc2ccc(N3C(=O)CCCC34C(=O)NC(=O)NC4=O)cn2)ccc1-c1nnco1. The van der Waals surface area contributed by atoms with Gasteiger partial charge in [0, 0.05) is 18.1 Å². The molecule has 0 atom stereocenters. The second-order valence-corrected chi connectivity index (χ2v) is 7.86. The van der Waals surface area contributed by atoms with E-state index in [0.29, 0.717) is 18.1 Å². The standard InChI is InChI=1S/C22H18N6O6/c1-12-9-14(5-6-15(12)18-27-24-11-33-18)34-16-7-4-13(10-23-16)28-17(29)3-2-8-22(28)19(30)25-21(32)26-20(22)31/h4-7,9-11H,2-3,8H2,1H3,(H2,25,26,30,31,32). The number of hydrogen-bond donors (Lipinski definition) is 2. The van der Waals surface area contributed by atoms with Gasteiger partial charge in [-0.3, -0.25) is 29.9 Å². The number of rotatable bonds is 4. The van der Waals surface area contributed by atoms with Gasteiger partial charge in [-0.25, -0.2) is 9.78 Å². The number of benzene rings is 1. The van der Waals surface area contributed by atoms with Gasteiger partial charge in [0.1, 0.15) is 5.75 Å². The van der Waals surface area contributed by atoms with Gasteiger partial charge in [-0.2, -0.15) is 0 Å². The van der Waals surface area contributed by atoms with Crippen LogP contribution in [0.1, 0.15) is 24.8 Å². The highest BCUT2D eigenvalue weighted by Gasteiger charge is 2.58. The lowest BCUT2D eigenvalue weighted by Crippen LogP contribution is -2.75. The van der Waals surface area contributed by atoms with E-state index in [1.54, 1.807) is 18.2 Å². The summed E-state index contributed by atoms with van der Waals surface area (Å²) in [5.74, 6) is -0.966. The lowest BCUT2D eigenvalue weighted by atomic mass is 9.82. The molecule has 0 radical (unpaired) electrons. The van der Waals surface area contributed by atoms with Crippen molar-refractivity contribution in [1.29, 1.82) is 0 Å². The zero-order chi connectivity index (χ0) is 23.9. The maximum atomic E-state index is 12.8. The molecule has 2 fully saturated rings. The largest absolute Gasteiger partial charge is 0.439 e. The Bertz CT molecular complexity index is 1280. The summed E-state index contributed by atoms with van der Waals surface area (Å²) in [6, 6.07) is 7.43. The third-order valence-corrected chi connectivity index (χ3v) is 5.76. The number of nitrogens with zero attached hydrogens (tertiary/aromatic N) is 4. The number of amides is 5. The van der Waals surface area contributed by atoms with Crippen molar-refractivity contribution in [2.45, 2.75) is 31.7 Å². The molecule has 2 aromatic heterocycles. The van der Waals surface area contributed by atoms with Crippen molar-refractivity contribution in [1.82, 2.24) is 25.8 Å². The van der Waals surface area contributed by atoms with E-state index < -0.39 is 29.3 Å². The van der Waals surface area contributed by atoms with Crippen LogP contribution in [0, 0.1) is 6.92 Å². The number of carbonyl (C=O) groups excluding carboxylic acids is 4. The van der Waals surface area contributed by atoms with Gasteiger partial charge < -0.3 is 9.15 Å². The summed E-state index contributed by atoms with van der Waals surface area (Å²) in [6.45, 7) is 1.87. The molecular formula is C22H18N6O6. The van der Waals surface area contributed by atoms with Crippen LogP contribution in [0.15, 0.2) is 47.3 Å². The first-order chi connectivity index (χ1) is 16.4. The highest BCUT2D eigenvalue weighted by atomic mass is 16.5. The number of urea groups is 1. The molecule has 0 bridgehead atoms. The first-order valence-corrected chi connectivity index (χ1v) is 10.4. The number of pyridine rings is 1. The smallest absolute Gasteiger partial charge is 0.328 e. The van der Waals surface area contributed by atoms with Crippen molar-refractivity contribution in [3.05, 3.63) is 48.5 Å². The molecule has 4 heterocycles. The normalized spacial score (nSPS) is 17.5. The molecule has 2 aliphatic heterocycles. The summed E-state index contributed by atoms with van der Waals surface area (Å²) in [7, 11) is 0. The third kappa shape index (κ3) is 3.45. The monoisotopic (exact) mass is 462 g/mol. The number of carbonyl (C=O) groups is 4. The molecule has 3 aromatic rings. The Labute approximate surface area is 192 Å². The average Bonchev–Trinajstić information content (AvgIpc) is 3.33. The number of barbiturate groups is 1. The van der Waals surface area contributed by atoms with Crippen molar-refractivity contribution in [3.8, 4) is 23.1 Å². The molecule has 1 aromatic carbocycles. The van der Waals surface area contributed by atoms with E-state index in [1.807, 2.05) is 6.92 Å². The minimum atomic E-state index is -1.85. The predicted molar refractivity (Wildman–Crippen MR) is 115 cm³/mol. The number of aryl methyl sites for hydroxylation is 1. The number of piperidine rings is 1. The predicted octanol–water partition coefficient (Wildman–Crippen LogP) is 1.85. The molecule has 5 amide bonds. The Morgan fingerprint density at radius 3 is 2.53 bits per heavy atom. The summed E-state index contributed by atoms with van der Waals surface area (Å²) in [5, 5.41) is 11.7. The Morgan fingerprint density at radius 2 is 1.88 bits per heavy atom. The Hall–Kier alpha value is -4.61. The van der Waals surface area contributed by atoms with Crippen LogP contribution in [0.5, 0.6) is 11.6 Å². The maximum Gasteiger partial charge on any atom is 0.328 e. The number of anilines is 1. The number of imide groups is 2. The molecule has 12 heteroatoms. The van der Waals surface area contributed by atoms with Gasteiger partial charge in [0.05, 0.1) is 11.9 Å². The van der Waals surface area contributed by atoms with E-state index in [0.717, 1.165) is 16.0 Å². The van der Waals surface area contributed by atoms with Crippen LogP contribution >= 0.6 is 0 Å². The van der Waals surface area contributed by atoms with E-state index in [4.69, 9.17) is 9.15 Å². The number of ether oxygens (including phenoxy) is 1. The molecule has 2 aliphatic rings. The van der Waals surface area contributed by atoms with E-state index in [2.05, 4.69) is 25.8 Å². The summed E-state index contributed by atoms with van der Waals surface area (Å²) in [5.41, 5.74) is 0.00178. The van der Waals surface area contributed by atoms with Gasteiger partial charge in [-0.15, -0.1) is 10.2 Å². The van der Waals surface area contributed by atoms with Crippen LogP contribution in [0.2, 0.25) is 0 Å². The van der Waals surface area contributed by atoms with Crippen molar-refractivity contribution < 1.29 is 28.3 Å². The lowest BCUT2D eigenvalue weighted by molar-refractivity contribution is -0.143. The van der Waals surface area contributed by atoms with Crippen LogP contribution in [0.25, 0.3) is 11.5 Å². The van der Waals surface area contributed by atoms with Crippen LogP contribution in [0.3, 0.4) is 0 Å². The lowest BCUT2D eigenvalue weighted by Gasteiger charge is -2.45. The first kappa shape index (κ1) is 21.2. The van der Waals surface area contributed by atoms with Crippen LogP contribution in [0.4, 0.5) is 10.5 Å². The summed E-state index contributed by atoms with van der Waals surface area (Å²) < 4.78 is 11.0. The molecule has 2 N–H and O–H groups in total. The maximum absolute atomic E-state index is 12.8. The summed E-state index contributed by atoms with van der Waals surface area (Å²) in [4.78, 5) is 55.1. The Kier molecular flexibility index (Phi) is 5.04. The molecule has 5 rings (SSSR count). The zero-order valence-corrected chi connectivity index (χ0v) is 17.9.